The fourth-order valence-electron chi connectivity index (χ4n) is 2.03. The largest absolute Gasteiger partial charge is 0.496 e. The number of ether oxygens (including phenoxy) is 1. The van der Waals surface area contributed by atoms with Crippen LogP contribution in [0.1, 0.15) is 11.1 Å². The molecule has 0 heterocycles. The zero-order valence-electron chi connectivity index (χ0n) is 12.5. The quantitative estimate of drug-likeness (QED) is 0.692. The zero-order chi connectivity index (χ0) is 15.9. The molecule has 1 N–H and O–H groups in total. The molecule has 110 valence electrons. The second-order valence-corrected chi connectivity index (χ2v) is 4.72. The number of para-hydroxylation sites is 1. The first-order chi connectivity index (χ1) is 10.6. The van der Waals surface area contributed by atoms with E-state index in [1.54, 1.807) is 31.4 Å². The van der Waals surface area contributed by atoms with Crippen molar-refractivity contribution in [2.45, 2.75) is 6.92 Å². The van der Waals surface area contributed by atoms with E-state index in [0.717, 1.165) is 16.9 Å². The number of nitriles is 1. The molecule has 0 saturated heterocycles. The molecule has 0 aliphatic carbocycles. The Hall–Kier alpha value is -3.06. The molecule has 2 rings (SSSR count). The summed E-state index contributed by atoms with van der Waals surface area (Å²) in [5, 5.41) is 11.9. The fourth-order valence-corrected chi connectivity index (χ4v) is 2.03. The van der Waals surface area contributed by atoms with Crippen molar-refractivity contribution in [1.82, 2.24) is 0 Å². The minimum absolute atomic E-state index is 0.0495. The molecule has 0 fully saturated rings. The number of anilines is 1. The summed E-state index contributed by atoms with van der Waals surface area (Å²) in [4.78, 5) is 12.1. The third kappa shape index (κ3) is 3.74. The van der Waals surface area contributed by atoms with E-state index in [1.165, 1.54) is 0 Å². The molecule has 0 aliphatic heterocycles. The molecule has 1 amide bonds. The summed E-state index contributed by atoms with van der Waals surface area (Å²) in [7, 11) is 1.60. The molecule has 0 aromatic heterocycles. The van der Waals surface area contributed by atoms with Crippen molar-refractivity contribution in [2.24, 2.45) is 0 Å². The number of hydrogen-bond acceptors (Lipinski definition) is 3. The summed E-state index contributed by atoms with van der Waals surface area (Å²) in [5.41, 5.74) is 2.42. The second-order valence-electron chi connectivity index (χ2n) is 4.72. The standard InChI is InChI=1S/C18H16N2O2/c1-13-10-14(8-9-17(13)22-2)11-15(12-19)18(21)20-16-6-4-3-5-7-16/h3-11H,1-2H3,(H,20,21). The number of aryl methyl sites for hydroxylation is 1. The van der Waals surface area contributed by atoms with E-state index < -0.39 is 5.91 Å². The molecule has 0 atom stereocenters. The highest BCUT2D eigenvalue weighted by molar-refractivity contribution is 6.09. The molecular weight excluding hydrogens is 276 g/mol. The molecule has 0 aliphatic rings. The van der Waals surface area contributed by atoms with Crippen molar-refractivity contribution >= 4 is 17.7 Å². The summed E-state index contributed by atoms with van der Waals surface area (Å²) >= 11 is 0. The van der Waals surface area contributed by atoms with Crippen LogP contribution in [-0.2, 0) is 4.79 Å². The van der Waals surface area contributed by atoms with Gasteiger partial charge in [0.05, 0.1) is 7.11 Å². The van der Waals surface area contributed by atoms with Gasteiger partial charge in [0.1, 0.15) is 17.4 Å². The monoisotopic (exact) mass is 292 g/mol. The van der Waals surface area contributed by atoms with E-state index in [9.17, 15) is 10.1 Å². The third-order valence-electron chi connectivity index (χ3n) is 3.13. The molecule has 0 saturated carbocycles. The highest BCUT2D eigenvalue weighted by atomic mass is 16.5. The van der Waals surface area contributed by atoms with Crippen LogP contribution >= 0.6 is 0 Å². The van der Waals surface area contributed by atoms with Gasteiger partial charge in [-0.1, -0.05) is 24.3 Å². The van der Waals surface area contributed by atoms with Gasteiger partial charge in [0.15, 0.2) is 0 Å². The Kier molecular flexibility index (Phi) is 4.94. The maximum absolute atomic E-state index is 12.1. The Morgan fingerprint density at radius 2 is 1.95 bits per heavy atom. The molecule has 4 heteroatoms. The highest BCUT2D eigenvalue weighted by Gasteiger charge is 2.09. The van der Waals surface area contributed by atoms with Crippen LogP contribution in [0.3, 0.4) is 0 Å². The first-order valence-electron chi connectivity index (χ1n) is 6.77. The van der Waals surface area contributed by atoms with E-state index in [0.29, 0.717) is 5.69 Å². The number of benzene rings is 2. The molecular formula is C18H16N2O2. The number of methoxy groups -OCH3 is 1. The number of hydrogen-bond donors (Lipinski definition) is 1. The van der Waals surface area contributed by atoms with Gasteiger partial charge in [0, 0.05) is 5.69 Å². The number of carbonyl (C=O) groups excluding carboxylic acids is 1. The zero-order valence-corrected chi connectivity index (χ0v) is 12.5. The number of amides is 1. The average Bonchev–Trinajstić information content (AvgIpc) is 2.53. The van der Waals surface area contributed by atoms with Crippen molar-refractivity contribution in [1.29, 1.82) is 5.26 Å². The van der Waals surface area contributed by atoms with Crippen LogP contribution in [0, 0.1) is 18.3 Å². The van der Waals surface area contributed by atoms with Crippen molar-refractivity contribution < 1.29 is 9.53 Å². The van der Waals surface area contributed by atoms with Gasteiger partial charge in [-0.2, -0.15) is 5.26 Å². The number of rotatable bonds is 4. The lowest BCUT2D eigenvalue weighted by molar-refractivity contribution is -0.112. The molecule has 4 nitrogen and oxygen atoms in total. The van der Waals surface area contributed by atoms with E-state index in [4.69, 9.17) is 4.74 Å². The third-order valence-corrected chi connectivity index (χ3v) is 3.13. The van der Waals surface area contributed by atoms with E-state index in [1.807, 2.05) is 43.3 Å². The van der Waals surface area contributed by atoms with Crippen molar-refractivity contribution in [2.75, 3.05) is 12.4 Å². The first kappa shape index (κ1) is 15.3. The van der Waals surface area contributed by atoms with Crippen molar-refractivity contribution in [3.8, 4) is 11.8 Å². The Labute approximate surface area is 129 Å². The van der Waals surface area contributed by atoms with Crippen LogP contribution in [0.25, 0.3) is 6.08 Å². The molecule has 0 spiro atoms. The minimum atomic E-state index is -0.429. The van der Waals surface area contributed by atoms with E-state index >= 15 is 0 Å². The van der Waals surface area contributed by atoms with Gasteiger partial charge in [0.25, 0.3) is 5.91 Å². The molecule has 0 bridgehead atoms. The number of nitrogens with one attached hydrogen (secondary N) is 1. The first-order valence-corrected chi connectivity index (χ1v) is 6.77. The van der Waals surface area contributed by atoms with Gasteiger partial charge >= 0.3 is 0 Å². The Morgan fingerprint density at radius 1 is 1.23 bits per heavy atom. The normalized spacial score (nSPS) is 10.7. The SMILES string of the molecule is COc1ccc(C=C(C#N)C(=O)Nc2ccccc2)cc1C. The van der Waals surface area contributed by atoms with Crippen LogP contribution in [0.2, 0.25) is 0 Å². The van der Waals surface area contributed by atoms with Gasteiger partial charge in [-0.05, 0) is 48.4 Å². The molecule has 2 aromatic carbocycles. The number of carbonyl (C=O) groups is 1. The predicted octanol–water partition coefficient (Wildman–Crippen LogP) is 3.55. The minimum Gasteiger partial charge on any atom is -0.496 e. The van der Waals surface area contributed by atoms with E-state index in [2.05, 4.69) is 5.32 Å². The summed E-state index contributed by atoms with van der Waals surface area (Å²) < 4.78 is 5.19. The highest BCUT2D eigenvalue weighted by Crippen LogP contribution is 2.20. The molecule has 22 heavy (non-hydrogen) atoms. The molecule has 2 aromatic rings. The molecule has 0 unspecified atom stereocenters. The second kappa shape index (κ2) is 7.09. The van der Waals surface area contributed by atoms with Crippen molar-refractivity contribution in [3.05, 3.63) is 65.2 Å². The van der Waals surface area contributed by atoms with Crippen LogP contribution < -0.4 is 10.1 Å². The van der Waals surface area contributed by atoms with Crippen LogP contribution in [-0.4, -0.2) is 13.0 Å². The predicted molar refractivity (Wildman–Crippen MR) is 86.4 cm³/mol. The number of nitrogens with zero attached hydrogens (tertiary/aromatic N) is 1. The Balaban J connectivity index is 2.22. The van der Waals surface area contributed by atoms with Crippen molar-refractivity contribution in [3.63, 3.8) is 0 Å². The van der Waals surface area contributed by atoms with Gasteiger partial charge in [-0.25, -0.2) is 0 Å². The lowest BCUT2D eigenvalue weighted by atomic mass is 10.1. The average molecular weight is 292 g/mol. The Morgan fingerprint density at radius 3 is 2.55 bits per heavy atom. The summed E-state index contributed by atoms with van der Waals surface area (Å²) in [6, 6.07) is 16.4. The smallest absolute Gasteiger partial charge is 0.266 e. The lowest BCUT2D eigenvalue weighted by Crippen LogP contribution is -2.13. The molecule has 0 radical (unpaired) electrons. The van der Waals surface area contributed by atoms with Gasteiger partial charge in [-0.15, -0.1) is 0 Å². The van der Waals surface area contributed by atoms with Gasteiger partial charge in [0.2, 0.25) is 0 Å². The lowest BCUT2D eigenvalue weighted by Gasteiger charge is -2.06. The fraction of sp³-hybridized carbons (Fsp3) is 0.111. The maximum atomic E-state index is 12.1. The van der Waals surface area contributed by atoms with E-state index in [-0.39, 0.29) is 5.57 Å². The summed E-state index contributed by atoms with van der Waals surface area (Å²) in [6.45, 7) is 1.91. The van der Waals surface area contributed by atoms with Crippen LogP contribution in [0.5, 0.6) is 5.75 Å². The topological polar surface area (TPSA) is 62.1 Å². The van der Waals surface area contributed by atoms with Crippen LogP contribution in [0.4, 0.5) is 5.69 Å². The van der Waals surface area contributed by atoms with Gasteiger partial charge in [-0.3, -0.25) is 4.79 Å². The van der Waals surface area contributed by atoms with Crippen LogP contribution in [0.15, 0.2) is 54.1 Å². The Bertz CT molecular complexity index is 743. The maximum Gasteiger partial charge on any atom is 0.266 e. The summed E-state index contributed by atoms with van der Waals surface area (Å²) in [5.74, 6) is 0.339. The van der Waals surface area contributed by atoms with Gasteiger partial charge < -0.3 is 10.1 Å². The summed E-state index contributed by atoms with van der Waals surface area (Å²) in [6.07, 6.45) is 1.56.